The van der Waals surface area contributed by atoms with Gasteiger partial charge in [0.2, 0.25) is 11.8 Å². The van der Waals surface area contributed by atoms with Gasteiger partial charge in [0.25, 0.3) is 0 Å². The fourth-order valence-corrected chi connectivity index (χ4v) is 1.87. The molecule has 0 saturated heterocycles. The van der Waals surface area contributed by atoms with Crippen LogP contribution in [0.5, 0.6) is 11.8 Å². The Labute approximate surface area is 89.1 Å². The van der Waals surface area contributed by atoms with E-state index in [-0.39, 0.29) is 0 Å². The first-order valence-electron chi connectivity index (χ1n) is 4.79. The molecule has 0 atom stereocenters. The summed E-state index contributed by atoms with van der Waals surface area (Å²) in [5.41, 5.74) is 2.72. The Morgan fingerprint density at radius 3 is 3.38 bits per heavy atom. The molecule has 0 unspecified atom stereocenters. The number of nitrogens with zero attached hydrogens (tertiary/aromatic N) is 5. The van der Waals surface area contributed by atoms with Crippen LogP contribution in [-0.2, 0) is 6.42 Å². The Balaban J connectivity index is 2.01. The number of nitrogens with one attached hydrogen (secondary N) is 1. The highest BCUT2D eigenvalue weighted by Crippen LogP contribution is 2.34. The zero-order valence-electron chi connectivity index (χ0n) is 8.08. The Morgan fingerprint density at radius 1 is 1.38 bits per heavy atom. The Bertz CT molecular complexity index is 684. The number of ether oxygens (including phenoxy) is 1. The lowest BCUT2D eigenvalue weighted by atomic mass is 10.1. The van der Waals surface area contributed by atoms with Crippen molar-refractivity contribution in [1.82, 2.24) is 29.8 Å². The summed E-state index contributed by atoms with van der Waals surface area (Å²) < 4.78 is 7.36. The summed E-state index contributed by atoms with van der Waals surface area (Å²) in [6.45, 7) is 0. The maximum atomic E-state index is 5.58. The predicted octanol–water partition coefficient (Wildman–Crippen LogP) is 0.544. The minimum atomic E-state index is 0.567. The fraction of sp³-hybridized carbons (Fsp3) is 0.111. The van der Waals surface area contributed by atoms with Crippen LogP contribution in [-0.4, -0.2) is 29.8 Å². The number of aromatic nitrogens is 6. The standard InChI is InChI=1S/C9H6N6O/c1-5-2-11-14-8(5)16-9-6(1)7-13-12-4-15(7)3-10-9/h2-4H,1H2,(H,11,14). The summed E-state index contributed by atoms with van der Waals surface area (Å²) in [6.07, 6.45) is 5.71. The Morgan fingerprint density at radius 2 is 2.38 bits per heavy atom. The number of H-pyrrole nitrogens is 1. The molecule has 3 aromatic rings. The molecule has 0 aromatic carbocycles. The predicted molar refractivity (Wildman–Crippen MR) is 52.2 cm³/mol. The summed E-state index contributed by atoms with van der Waals surface area (Å²) >= 11 is 0. The second kappa shape index (κ2) is 2.57. The molecule has 0 amide bonds. The average molecular weight is 214 g/mol. The zero-order valence-corrected chi connectivity index (χ0v) is 8.08. The lowest BCUT2D eigenvalue weighted by Gasteiger charge is -2.14. The first-order valence-corrected chi connectivity index (χ1v) is 4.79. The number of rotatable bonds is 0. The summed E-state index contributed by atoms with van der Waals surface area (Å²) in [4.78, 5) is 4.21. The fourth-order valence-electron chi connectivity index (χ4n) is 1.87. The van der Waals surface area contributed by atoms with Crippen molar-refractivity contribution in [1.29, 1.82) is 0 Å². The average Bonchev–Trinajstić information content (AvgIpc) is 2.94. The van der Waals surface area contributed by atoms with Crippen LogP contribution < -0.4 is 4.74 Å². The summed E-state index contributed by atoms with van der Waals surface area (Å²) in [7, 11) is 0. The highest BCUT2D eigenvalue weighted by atomic mass is 16.5. The van der Waals surface area contributed by atoms with E-state index in [0.717, 1.165) is 16.8 Å². The molecule has 78 valence electrons. The van der Waals surface area contributed by atoms with Gasteiger partial charge in [0.05, 0.1) is 11.8 Å². The molecule has 4 heterocycles. The SMILES string of the molecule is c1n[nH]c2c1Cc1c(ncn3cnnc13)O2. The van der Waals surface area contributed by atoms with Gasteiger partial charge in [-0.05, 0) is 0 Å². The molecule has 0 radical (unpaired) electrons. The third-order valence-electron chi connectivity index (χ3n) is 2.64. The lowest BCUT2D eigenvalue weighted by Crippen LogP contribution is -2.06. The lowest BCUT2D eigenvalue weighted by molar-refractivity contribution is 0.422. The van der Waals surface area contributed by atoms with Crippen LogP contribution in [0.4, 0.5) is 0 Å². The second-order valence-corrected chi connectivity index (χ2v) is 3.59. The molecule has 1 aliphatic heterocycles. The molecule has 1 N–H and O–H groups in total. The maximum absolute atomic E-state index is 5.58. The number of aromatic amines is 1. The molecule has 4 rings (SSSR count). The maximum Gasteiger partial charge on any atom is 0.230 e. The van der Waals surface area contributed by atoms with E-state index in [1.807, 2.05) is 0 Å². The van der Waals surface area contributed by atoms with Crippen molar-refractivity contribution in [3.63, 3.8) is 0 Å². The number of hydrogen-bond acceptors (Lipinski definition) is 5. The van der Waals surface area contributed by atoms with Gasteiger partial charge in [0.15, 0.2) is 5.65 Å². The van der Waals surface area contributed by atoms with Crippen LogP contribution in [0.25, 0.3) is 5.65 Å². The molecular weight excluding hydrogens is 208 g/mol. The minimum absolute atomic E-state index is 0.567. The van der Waals surface area contributed by atoms with Gasteiger partial charge in [0, 0.05) is 12.0 Å². The van der Waals surface area contributed by atoms with Crippen molar-refractivity contribution in [2.75, 3.05) is 0 Å². The van der Waals surface area contributed by atoms with Crippen molar-refractivity contribution in [2.45, 2.75) is 6.42 Å². The van der Waals surface area contributed by atoms with E-state index in [2.05, 4.69) is 25.4 Å². The van der Waals surface area contributed by atoms with Crippen molar-refractivity contribution >= 4 is 5.65 Å². The molecule has 0 saturated carbocycles. The Hall–Kier alpha value is -2.44. The van der Waals surface area contributed by atoms with Gasteiger partial charge in [-0.3, -0.25) is 4.40 Å². The summed E-state index contributed by atoms with van der Waals surface area (Å²) in [5, 5.41) is 14.6. The van der Waals surface area contributed by atoms with Gasteiger partial charge in [-0.15, -0.1) is 10.2 Å². The van der Waals surface area contributed by atoms with Crippen molar-refractivity contribution in [3.8, 4) is 11.8 Å². The van der Waals surface area contributed by atoms with Crippen molar-refractivity contribution in [2.24, 2.45) is 0 Å². The molecular formula is C9H6N6O. The third kappa shape index (κ3) is 0.867. The first-order chi connectivity index (χ1) is 7.92. The molecule has 1 aliphatic rings. The van der Waals surface area contributed by atoms with Crippen LogP contribution in [0.15, 0.2) is 18.9 Å². The van der Waals surface area contributed by atoms with E-state index in [4.69, 9.17) is 4.74 Å². The number of fused-ring (bicyclic) bond motifs is 4. The summed E-state index contributed by atoms with van der Waals surface area (Å²) in [6, 6.07) is 0. The Kier molecular flexibility index (Phi) is 1.25. The smallest absolute Gasteiger partial charge is 0.230 e. The molecule has 0 fully saturated rings. The first kappa shape index (κ1) is 7.80. The topological polar surface area (TPSA) is 81.0 Å². The molecule has 0 bridgehead atoms. The van der Waals surface area contributed by atoms with Crippen LogP contribution in [0.1, 0.15) is 11.1 Å². The van der Waals surface area contributed by atoms with E-state index in [9.17, 15) is 0 Å². The normalized spacial score (nSPS) is 13.2. The van der Waals surface area contributed by atoms with Gasteiger partial charge < -0.3 is 4.74 Å². The largest absolute Gasteiger partial charge is 0.420 e. The quantitative estimate of drug-likeness (QED) is 0.462. The van der Waals surface area contributed by atoms with Crippen LogP contribution in [0.2, 0.25) is 0 Å². The van der Waals surface area contributed by atoms with E-state index < -0.39 is 0 Å². The van der Waals surface area contributed by atoms with Gasteiger partial charge in [-0.25, -0.2) is 10.1 Å². The molecule has 3 aromatic heterocycles. The minimum Gasteiger partial charge on any atom is -0.420 e. The van der Waals surface area contributed by atoms with Gasteiger partial charge >= 0.3 is 0 Å². The van der Waals surface area contributed by atoms with E-state index >= 15 is 0 Å². The van der Waals surface area contributed by atoms with Gasteiger partial charge in [0.1, 0.15) is 12.7 Å². The van der Waals surface area contributed by atoms with Crippen LogP contribution in [0, 0.1) is 0 Å². The van der Waals surface area contributed by atoms with E-state index in [1.54, 1.807) is 23.3 Å². The van der Waals surface area contributed by atoms with Crippen molar-refractivity contribution < 1.29 is 4.74 Å². The second-order valence-electron chi connectivity index (χ2n) is 3.59. The monoisotopic (exact) mass is 214 g/mol. The molecule has 16 heavy (non-hydrogen) atoms. The highest BCUT2D eigenvalue weighted by Gasteiger charge is 2.23. The van der Waals surface area contributed by atoms with Gasteiger partial charge in [-0.2, -0.15) is 5.10 Å². The molecule has 7 heteroatoms. The molecule has 7 nitrogen and oxygen atoms in total. The van der Waals surface area contributed by atoms with Crippen molar-refractivity contribution in [3.05, 3.63) is 30.0 Å². The highest BCUT2D eigenvalue weighted by molar-refractivity contribution is 5.56. The van der Waals surface area contributed by atoms with Gasteiger partial charge in [-0.1, -0.05) is 0 Å². The van der Waals surface area contributed by atoms with Crippen LogP contribution >= 0.6 is 0 Å². The van der Waals surface area contributed by atoms with E-state index in [0.29, 0.717) is 18.2 Å². The molecule has 0 aliphatic carbocycles. The van der Waals surface area contributed by atoms with Crippen LogP contribution in [0.3, 0.4) is 0 Å². The molecule has 0 spiro atoms. The number of hydrogen-bond donors (Lipinski definition) is 1. The third-order valence-corrected chi connectivity index (χ3v) is 2.64. The zero-order chi connectivity index (χ0) is 10.5. The summed E-state index contributed by atoms with van der Waals surface area (Å²) in [5.74, 6) is 1.22. The van der Waals surface area contributed by atoms with E-state index in [1.165, 1.54) is 0 Å².